The van der Waals surface area contributed by atoms with E-state index in [1.807, 2.05) is 0 Å². The van der Waals surface area contributed by atoms with Crippen molar-refractivity contribution in [3.63, 3.8) is 0 Å². The van der Waals surface area contributed by atoms with E-state index in [2.05, 4.69) is 44.7 Å². The number of rotatable bonds is 2. The second-order valence-electron chi connectivity index (χ2n) is 8.62. The van der Waals surface area contributed by atoms with Crippen molar-refractivity contribution >= 4 is 0 Å². The first-order valence-electron chi connectivity index (χ1n) is 9.43. The normalized spacial score (nSPS) is 41.8. The minimum Gasteiger partial charge on any atom is -0.393 e. The smallest absolute Gasteiger partial charge is 0.0596 e. The summed E-state index contributed by atoms with van der Waals surface area (Å²) >= 11 is 0. The van der Waals surface area contributed by atoms with E-state index in [1.165, 1.54) is 31.2 Å². The van der Waals surface area contributed by atoms with Gasteiger partial charge in [0.2, 0.25) is 0 Å². The van der Waals surface area contributed by atoms with Gasteiger partial charge in [-0.05, 0) is 85.7 Å². The van der Waals surface area contributed by atoms with Crippen molar-refractivity contribution < 1.29 is 5.11 Å². The number of hydrogen-bond acceptors (Lipinski definition) is 1. The van der Waals surface area contributed by atoms with E-state index >= 15 is 0 Å². The van der Waals surface area contributed by atoms with E-state index in [0.717, 1.165) is 18.8 Å². The summed E-state index contributed by atoms with van der Waals surface area (Å²) in [4.78, 5) is 0. The Bertz CT molecular complexity index is 618. The van der Waals surface area contributed by atoms with Crippen molar-refractivity contribution in [1.29, 1.82) is 0 Å². The summed E-state index contributed by atoms with van der Waals surface area (Å²) in [6.45, 7) is 8.61. The number of aliphatic hydroxyl groups is 1. The summed E-state index contributed by atoms with van der Waals surface area (Å²) in [5.41, 5.74) is 4.74. The average molecular weight is 310 g/mol. The first-order chi connectivity index (χ1) is 11.0. The molecule has 0 heterocycles. The molecule has 4 rings (SSSR count). The summed E-state index contributed by atoms with van der Waals surface area (Å²) in [6.07, 6.45) is 9.02. The lowest BCUT2D eigenvalue weighted by Crippen LogP contribution is -2.47. The number of fused-ring (bicyclic) bond motifs is 5. The fourth-order valence-electron chi connectivity index (χ4n) is 6.33. The van der Waals surface area contributed by atoms with E-state index < -0.39 is 0 Å². The fourth-order valence-corrected chi connectivity index (χ4v) is 6.33. The summed E-state index contributed by atoms with van der Waals surface area (Å²) in [5.74, 6) is 2.84. The maximum atomic E-state index is 10.6. The number of allylic oxidation sites excluding steroid dienone is 1. The Hall–Kier alpha value is -1.08. The third-order valence-electron chi connectivity index (χ3n) is 7.48. The molecule has 0 saturated heterocycles. The van der Waals surface area contributed by atoms with Crippen molar-refractivity contribution in [2.45, 2.75) is 64.4 Å². The monoisotopic (exact) mass is 310 g/mol. The highest BCUT2D eigenvalue weighted by Gasteiger charge is 2.56. The van der Waals surface area contributed by atoms with Crippen LogP contribution in [0, 0.1) is 30.1 Å². The highest BCUT2D eigenvalue weighted by Crippen LogP contribution is 2.62. The molecule has 1 heteroatoms. The highest BCUT2D eigenvalue weighted by molar-refractivity contribution is 5.38. The number of hydrogen-bond donors (Lipinski definition) is 1. The van der Waals surface area contributed by atoms with Crippen LogP contribution in [0.15, 0.2) is 30.9 Å². The first-order valence-corrected chi connectivity index (χ1v) is 9.43. The van der Waals surface area contributed by atoms with Crippen molar-refractivity contribution in [2.75, 3.05) is 0 Å². The topological polar surface area (TPSA) is 20.2 Å². The van der Waals surface area contributed by atoms with Gasteiger partial charge in [-0.15, -0.1) is 6.58 Å². The molecule has 0 amide bonds. The number of aryl methyl sites for hydroxylation is 1. The average Bonchev–Trinajstić information content (AvgIpc) is 2.83. The van der Waals surface area contributed by atoms with E-state index in [-0.39, 0.29) is 11.5 Å². The zero-order valence-electron chi connectivity index (χ0n) is 14.6. The van der Waals surface area contributed by atoms with Crippen LogP contribution in [0.25, 0.3) is 0 Å². The van der Waals surface area contributed by atoms with Crippen molar-refractivity contribution in [3.05, 3.63) is 47.5 Å². The van der Waals surface area contributed by atoms with Gasteiger partial charge < -0.3 is 5.11 Å². The minimum absolute atomic E-state index is 0.0859. The Morgan fingerprint density at radius 3 is 2.91 bits per heavy atom. The molecule has 2 saturated carbocycles. The van der Waals surface area contributed by atoms with Crippen LogP contribution in [0.5, 0.6) is 0 Å². The van der Waals surface area contributed by atoms with Gasteiger partial charge in [-0.25, -0.2) is 0 Å². The van der Waals surface area contributed by atoms with Gasteiger partial charge in [0, 0.05) is 0 Å². The van der Waals surface area contributed by atoms with Crippen molar-refractivity contribution in [2.24, 2.45) is 23.2 Å². The molecule has 3 aliphatic carbocycles. The molecule has 0 radical (unpaired) electrons. The van der Waals surface area contributed by atoms with Crippen molar-refractivity contribution in [3.8, 4) is 0 Å². The molecular formula is C22H30O. The Kier molecular flexibility index (Phi) is 3.68. The summed E-state index contributed by atoms with van der Waals surface area (Å²) in [5, 5.41) is 10.6. The quantitative estimate of drug-likeness (QED) is 0.761. The molecular weight excluding hydrogens is 280 g/mol. The third kappa shape index (κ3) is 2.23. The molecule has 124 valence electrons. The van der Waals surface area contributed by atoms with Gasteiger partial charge in [-0.1, -0.05) is 36.8 Å². The molecule has 1 aromatic carbocycles. The predicted octanol–water partition coefficient (Wildman–Crippen LogP) is 5.01. The van der Waals surface area contributed by atoms with Gasteiger partial charge in [0.15, 0.2) is 0 Å². The molecule has 0 aromatic heterocycles. The third-order valence-corrected chi connectivity index (χ3v) is 7.48. The Morgan fingerprint density at radius 2 is 2.13 bits per heavy atom. The molecule has 2 fully saturated rings. The predicted molar refractivity (Wildman–Crippen MR) is 95.5 cm³/mol. The zero-order chi connectivity index (χ0) is 16.2. The molecule has 0 aliphatic heterocycles. The first kappa shape index (κ1) is 15.4. The summed E-state index contributed by atoms with van der Waals surface area (Å²) in [6, 6.07) is 7.11. The molecule has 3 aliphatic rings. The van der Waals surface area contributed by atoms with E-state index in [9.17, 15) is 5.11 Å². The van der Waals surface area contributed by atoms with Crippen LogP contribution in [0.3, 0.4) is 0 Å². The highest BCUT2D eigenvalue weighted by atomic mass is 16.3. The summed E-state index contributed by atoms with van der Waals surface area (Å²) < 4.78 is 0. The van der Waals surface area contributed by atoms with Gasteiger partial charge in [-0.2, -0.15) is 0 Å². The maximum absolute atomic E-state index is 10.6. The van der Waals surface area contributed by atoms with Crippen LogP contribution < -0.4 is 0 Å². The lowest BCUT2D eigenvalue weighted by atomic mass is 9.52. The molecule has 1 nitrogen and oxygen atoms in total. The van der Waals surface area contributed by atoms with Crippen LogP contribution in [-0.2, 0) is 6.42 Å². The van der Waals surface area contributed by atoms with Crippen molar-refractivity contribution in [1.82, 2.24) is 0 Å². The second kappa shape index (κ2) is 5.48. The van der Waals surface area contributed by atoms with Gasteiger partial charge in [0.25, 0.3) is 0 Å². The molecule has 6 unspecified atom stereocenters. The van der Waals surface area contributed by atoms with E-state index in [1.54, 1.807) is 11.1 Å². The minimum atomic E-state index is -0.0859. The lowest BCUT2D eigenvalue weighted by molar-refractivity contribution is -0.0377. The largest absolute Gasteiger partial charge is 0.393 e. The van der Waals surface area contributed by atoms with Crippen LogP contribution in [0.4, 0.5) is 0 Å². The zero-order valence-corrected chi connectivity index (χ0v) is 14.6. The number of benzene rings is 1. The molecule has 0 spiro atoms. The standard InChI is InChI=1S/C22H30O/c1-4-5-15-13-16-12-14(2)6-7-17(16)18-10-11-22(3)19(21(15)18)8-9-20(22)23/h4,6-7,12,15,18-21,23H,1,5,8-11,13H2,2-3H3. The Labute approximate surface area is 140 Å². The second-order valence-corrected chi connectivity index (χ2v) is 8.62. The van der Waals surface area contributed by atoms with E-state index in [0.29, 0.717) is 17.8 Å². The van der Waals surface area contributed by atoms with Crippen LogP contribution in [-0.4, -0.2) is 11.2 Å². The molecule has 6 atom stereocenters. The SMILES string of the molecule is C=CCC1Cc2cc(C)ccc2C2CCC3(C)C(O)CCC3C12. The van der Waals surface area contributed by atoms with Crippen LogP contribution in [0.1, 0.15) is 61.6 Å². The fraction of sp³-hybridized carbons (Fsp3) is 0.636. The van der Waals surface area contributed by atoms with Gasteiger partial charge >= 0.3 is 0 Å². The van der Waals surface area contributed by atoms with Gasteiger partial charge in [0.05, 0.1) is 6.10 Å². The molecule has 1 N–H and O–H groups in total. The van der Waals surface area contributed by atoms with E-state index in [4.69, 9.17) is 0 Å². The van der Waals surface area contributed by atoms with Gasteiger partial charge in [-0.3, -0.25) is 0 Å². The number of aliphatic hydroxyl groups excluding tert-OH is 1. The molecule has 23 heavy (non-hydrogen) atoms. The molecule has 1 aromatic rings. The Balaban J connectivity index is 1.77. The lowest BCUT2D eigenvalue weighted by Gasteiger charge is -2.53. The van der Waals surface area contributed by atoms with Crippen LogP contribution in [0.2, 0.25) is 0 Å². The molecule has 0 bridgehead atoms. The van der Waals surface area contributed by atoms with Gasteiger partial charge in [0.1, 0.15) is 0 Å². The maximum Gasteiger partial charge on any atom is 0.0596 e. The Morgan fingerprint density at radius 1 is 1.30 bits per heavy atom. The summed E-state index contributed by atoms with van der Waals surface area (Å²) in [7, 11) is 0. The van der Waals surface area contributed by atoms with Crippen LogP contribution >= 0.6 is 0 Å².